The number of carbonyl (C=O) groups is 6. The van der Waals surface area contributed by atoms with Crippen molar-refractivity contribution in [3.8, 4) is 0 Å². The fourth-order valence-electron chi connectivity index (χ4n) is 9.80. The van der Waals surface area contributed by atoms with E-state index < -0.39 is 71.3 Å². The van der Waals surface area contributed by atoms with Gasteiger partial charge in [0.05, 0.1) is 12.5 Å². The van der Waals surface area contributed by atoms with Gasteiger partial charge in [0, 0.05) is 24.7 Å². The van der Waals surface area contributed by atoms with Crippen LogP contribution in [0.2, 0.25) is 0 Å². The lowest BCUT2D eigenvalue weighted by Gasteiger charge is -2.60. The summed E-state index contributed by atoms with van der Waals surface area (Å²) in [5, 5.41) is 38.3. The third-order valence-corrected chi connectivity index (χ3v) is 12.6. The summed E-state index contributed by atoms with van der Waals surface area (Å²) in [5.74, 6) is -4.25. The van der Waals surface area contributed by atoms with Crippen molar-refractivity contribution < 1.29 is 48.8 Å². The molecule has 12 heteroatoms. The van der Waals surface area contributed by atoms with Crippen molar-refractivity contribution in [3.63, 3.8) is 0 Å². The second kappa shape index (κ2) is 15.0. The number of aliphatic hydroxyl groups excluding tert-OH is 1. The molecule has 1 aromatic rings. The number of hydrogen-bond acceptors (Lipinski definition) is 9. The van der Waals surface area contributed by atoms with Crippen LogP contribution in [-0.4, -0.2) is 81.0 Å². The average molecular weight is 709 g/mol. The first-order valence-corrected chi connectivity index (χ1v) is 18.2. The molecule has 278 valence electrons. The standard InChI is InChI=1S/C39H52N2O10/c1-22(2)34(35(47)40-28(36(48)49)18-23-8-6-5-7-9-23)41-31(45)12-13-32(46)51-21-30(44)39(50)17-15-27-26-11-10-24-19-25(42)14-16-37(24,3)33(26)29(43)20-38(27,39)4/h5-9,19,22,26-29,33-34,43,50H,10-18,20-21H2,1-4H3,(H,40,47)(H,41,45)(H,48,49)/t26-,27-,28+,29+,33-,34-,37+,38+,39-/m1/s1. The van der Waals surface area contributed by atoms with E-state index in [1.807, 2.05) is 6.92 Å². The number of amides is 2. The molecule has 1 aromatic carbocycles. The molecule has 4 aliphatic carbocycles. The Morgan fingerprint density at radius 1 is 0.980 bits per heavy atom. The van der Waals surface area contributed by atoms with Gasteiger partial charge < -0.3 is 30.7 Å². The molecule has 9 atom stereocenters. The van der Waals surface area contributed by atoms with Crippen LogP contribution in [0.3, 0.4) is 0 Å². The van der Waals surface area contributed by atoms with Crippen molar-refractivity contribution in [2.75, 3.05) is 6.61 Å². The van der Waals surface area contributed by atoms with Crippen LogP contribution in [0.15, 0.2) is 42.0 Å². The third kappa shape index (κ3) is 7.53. The Morgan fingerprint density at radius 3 is 2.35 bits per heavy atom. The van der Waals surface area contributed by atoms with Gasteiger partial charge in [-0.2, -0.15) is 0 Å². The number of esters is 1. The van der Waals surface area contributed by atoms with Crippen LogP contribution in [0.5, 0.6) is 0 Å². The highest BCUT2D eigenvalue weighted by Crippen LogP contribution is 2.67. The quantitative estimate of drug-likeness (QED) is 0.190. The molecule has 51 heavy (non-hydrogen) atoms. The van der Waals surface area contributed by atoms with E-state index in [1.165, 1.54) is 0 Å². The molecule has 5 N–H and O–H groups in total. The Bertz CT molecular complexity index is 1570. The largest absolute Gasteiger partial charge is 0.480 e. The van der Waals surface area contributed by atoms with Crippen molar-refractivity contribution in [2.24, 2.45) is 34.5 Å². The molecule has 0 bridgehead atoms. The van der Waals surface area contributed by atoms with Crippen molar-refractivity contribution in [1.29, 1.82) is 0 Å². The molecular weight excluding hydrogens is 656 g/mol. The molecular formula is C39H52N2O10. The monoisotopic (exact) mass is 708 g/mol. The fraction of sp³-hybridized carbons (Fsp3) is 0.641. The van der Waals surface area contributed by atoms with E-state index in [0.717, 1.165) is 24.0 Å². The maximum Gasteiger partial charge on any atom is 0.326 e. The second-order valence-electron chi connectivity index (χ2n) is 15.9. The number of ether oxygens (including phenoxy) is 1. The molecule has 5 rings (SSSR count). The molecule has 0 spiro atoms. The molecule has 0 aromatic heterocycles. The van der Waals surface area contributed by atoms with Crippen molar-refractivity contribution in [3.05, 3.63) is 47.5 Å². The van der Waals surface area contributed by atoms with Crippen molar-refractivity contribution >= 4 is 35.3 Å². The summed E-state index contributed by atoms with van der Waals surface area (Å²) in [5.41, 5.74) is -1.20. The Morgan fingerprint density at radius 2 is 1.69 bits per heavy atom. The van der Waals surface area contributed by atoms with Crippen molar-refractivity contribution in [1.82, 2.24) is 10.6 Å². The Labute approximate surface area is 298 Å². The number of hydrogen-bond donors (Lipinski definition) is 5. The summed E-state index contributed by atoms with van der Waals surface area (Å²) in [7, 11) is 0. The van der Waals surface area contributed by atoms with E-state index in [-0.39, 0.29) is 61.1 Å². The number of fused-ring (bicyclic) bond motifs is 5. The van der Waals surface area contributed by atoms with Crippen molar-refractivity contribution in [2.45, 2.75) is 116 Å². The maximum absolute atomic E-state index is 13.6. The minimum Gasteiger partial charge on any atom is -0.480 e. The Balaban J connectivity index is 1.13. The molecule has 12 nitrogen and oxygen atoms in total. The SMILES string of the molecule is CC(C)[C@@H](NC(=O)CCC(=O)OCC(=O)[C@]1(O)CC[C@@H]2[C@H]3CCC4=CC(=O)CC[C@]4(C)[C@H]3[C@@H](O)C[C@@]21C)C(=O)N[C@@H](Cc1ccccc1)C(=O)O. The lowest BCUT2D eigenvalue weighted by atomic mass is 9.45. The Hall–Kier alpha value is -3.90. The number of ketones is 2. The molecule has 3 fully saturated rings. The van der Waals surface area contributed by atoms with Gasteiger partial charge in [-0.1, -0.05) is 63.6 Å². The first-order chi connectivity index (χ1) is 24.0. The van der Waals surface area contributed by atoms with Gasteiger partial charge in [0.15, 0.2) is 12.4 Å². The van der Waals surface area contributed by atoms with Crippen LogP contribution >= 0.6 is 0 Å². The number of carboxylic acids is 1. The number of rotatable bonds is 13. The van der Waals surface area contributed by atoms with Gasteiger partial charge in [0.2, 0.25) is 17.6 Å². The molecule has 0 radical (unpaired) electrons. The molecule has 2 amide bonds. The van der Waals surface area contributed by atoms with E-state index in [1.54, 1.807) is 50.3 Å². The summed E-state index contributed by atoms with van der Waals surface area (Å²) in [6, 6.07) is 6.57. The summed E-state index contributed by atoms with van der Waals surface area (Å²) < 4.78 is 5.25. The Kier molecular flexibility index (Phi) is 11.3. The lowest BCUT2D eigenvalue weighted by Crippen LogP contribution is -2.62. The first-order valence-electron chi connectivity index (χ1n) is 18.2. The number of benzene rings is 1. The molecule has 0 aliphatic heterocycles. The summed E-state index contributed by atoms with van der Waals surface area (Å²) in [4.78, 5) is 76.1. The number of carbonyl (C=O) groups excluding carboxylic acids is 5. The van der Waals surface area contributed by atoms with Crippen LogP contribution in [0.25, 0.3) is 0 Å². The number of aliphatic hydroxyl groups is 2. The van der Waals surface area contributed by atoms with Crippen LogP contribution in [0, 0.1) is 34.5 Å². The molecule has 3 saturated carbocycles. The zero-order valence-corrected chi connectivity index (χ0v) is 30.0. The highest BCUT2D eigenvalue weighted by Gasteiger charge is 2.68. The van der Waals surface area contributed by atoms with Gasteiger partial charge >= 0.3 is 11.9 Å². The van der Waals surface area contributed by atoms with E-state index in [2.05, 4.69) is 17.6 Å². The van der Waals surface area contributed by atoms with Gasteiger partial charge in [-0.15, -0.1) is 0 Å². The van der Waals surface area contributed by atoms with Gasteiger partial charge in [-0.05, 0) is 79.3 Å². The molecule has 4 aliphatic rings. The van der Waals surface area contributed by atoms with Gasteiger partial charge in [-0.3, -0.25) is 24.0 Å². The average Bonchev–Trinajstić information content (AvgIpc) is 3.35. The predicted octanol–water partition coefficient (Wildman–Crippen LogP) is 3.07. The maximum atomic E-state index is 13.6. The number of carboxylic acid groups (broad SMARTS) is 1. The predicted molar refractivity (Wildman–Crippen MR) is 185 cm³/mol. The van der Waals surface area contributed by atoms with Gasteiger partial charge in [-0.25, -0.2) is 4.79 Å². The van der Waals surface area contributed by atoms with E-state index in [9.17, 15) is 44.1 Å². The molecule has 0 saturated heterocycles. The van der Waals surface area contributed by atoms with Gasteiger partial charge in [0.1, 0.15) is 17.7 Å². The minimum atomic E-state index is -1.80. The van der Waals surface area contributed by atoms with E-state index in [4.69, 9.17) is 4.74 Å². The molecule has 0 unspecified atom stereocenters. The van der Waals surface area contributed by atoms with E-state index >= 15 is 0 Å². The van der Waals surface area contributed by atoms with E-state index in [0.29, 0.717) is 19.3 Å². The van der Waals surface area contributed by atoms with Crippen LogP contribution < -0.4 is 10.6 Å². The number of allylic oxidation sites excluding steroid dienone is 1. The summed E-state index contributed by atoms with van der Waals surface area (Å²) in [6.45, 7) is 6.71. The first kappa shape index (κ1) is 38.3. The normalized spacial score (nSPS) is 32.4. The van der Waals surface area contributed by atoms with Gasteiger partial charge in [0.25, 0.3) is 0 Å². The summed E-state index contributed by atoms with van der Waals surface area (Å²) in [6.07, 6.45) is 3.98. The lowest BCUT2D eigenvalue weighted by molar-refractivity contribution is -0.184. The van der Waals surface area contributed by atoms with Crippen LogP contribution in [0.1, 0.15) is 91.0 Å². The highest BCUT2D eigenvalue weighted by atomic mass is 16.5. The fourth-order valence-corrected chi connectivity index (χ4v) is 9.80. The summed E-state index contributed by atoms with van der Waals surface area (Å²) >= 11 is 0. The van der Waals surface area contributed by atoms with Crippen LogP contribution in [-0.2, 0) is 39.9 Å². The minimum absolute atomic E-state index is 0.0227. The second-order valence-corrected chi connectivity index (χ2v) is 15.9. The van der Waals surface area contributed by atoms with Crippen LogP contribution in [0.4, 0.5) is 0 Å². The zero-order chi connectivity index (χ0) is 37.3. The number of nitrogens with one attached hydrogen (secondary N) is 2. The number of Topliss-reactive ketones (excluding diaryl/α,β-unsaturated/α-hetero) is 1. The highest BCUT2D eigenvalue weighted by molar-refractivity contribution is 5.93. The topological polar surface area (TPSA) is 196 Å². The smallest absolute Gasteiger partial charge is 0.326 e. The number of aliphatic carboxylic acids is 1. The third-order valence-electron chi connectivity index (χ3n) is 12.6. The molecule has 0 heterocycles. The zero-order valence-electron chi connectivity index (χ0n) is 30.0.